The molecule has 112 valence electrons. The lowest BCUT2D eigenvalue weighted by molar-refractivity contribution is 0.0231. The lowest BCUT2D eigenvalue weighted by Crippen LogP contribution is -2.37. The van der Waals surface area contributed by atoms with Crippen molar-refractivity contribution in [3.05, 3.63) is 35.9 Å². The Morgan fingerprint density at radius 1 is 1.20 bits per heavy atom. The predicted octanol–water partition coefficient (Wildman–Crippen LogP) is 4.64. The number of benzene rings is 1. The summed E-state index contributed by atoms with van der Waals surface area (Å²) in [6.07, 6.45) is 1.90. The molecular formula is C16H24INO2. The van der Waals surface area contributed by atoms with E-state index in [-0.39, 0.29) is 6.09 Å². The van der Waals surface area contributed by atoms with Gasteiger partial charge in [-0.2, -0.15) is 0 Å². The molecular weight excluding hydrogens is 365 g/mol. The minimum absolute atomic E-state index is 0.227. The molecule has 0 N–H and O–H groups in total. The Morgan fingerprint density at radius 3 is 2.40 bits per heavy atom. The number of ether oxygens (including phenoxy) is 1. The summed E-state index contributed by atoms with van der Waals surface area (Å²) in [6, 6.07) is 10.0. The first-order chi connectivity index (χ1) is 9.42. The average molecular weight is 389 g/mol. The third-order valence-corrected chi connectivity index (χ3v) is 3.44. The Bertz CT molecular complexity index is 401. The van der Waals surface area contributed by atoms with Crippen LogP contribution in [-0.4, -0.2) is 27.6 Å². The topological polar surface area (TPSA) is 29.5 Å². The maximum absolute atomic E-state index is 12.3. The lowest BCUT2D eigenvalue weighted by atomic mass is 10.2. The molecule has 1 aromatic rings. The summed E-state index contributed by atoms with van der Waals surface area (Å²) < 4.78 is 6.60. The van der Waals surface area contributed by atoms with Gasteiger partial charge in [0, 0.05) is 13.1 Å². The van der Waals surface area contributed by atoms with Crippen molar-refractivity contribution in [3.63, 3.8) is 0 Å². The first-order valence-electron chi connectivity index (χ1n) is 7.00. The molecule has 0 heterocycles. The van der Waals surface area contributed by atoms with Gasteiger partial charge in [0.05, 0.1) is 0 Å². The van der Waals surface area contributed by atoms with Gasteiger partial charge in [-0.25, -0.2) is 4.79 Å². The minimum atomic E-state index is -0.449. The second-order valence-electron chi connectivity index (χ2n) is 5.78. The summed E-state index contributed by atoms with van der Waals surface area (Å²) in [6.45, 7) is 7.05. The summed E-state index contributed by atoms with van der Waals surface area (Å²) in [5, 5.41) is 0. The van der Waals surface area contributed by atoms with Crippen molar-refractivity contribution in [2.45, 2.75) is 45.8 Å². The van der Waals surface area contributed by atoms with Crippen LogP contribution in [0.25, 0.3) is 0 Å². The highest BCUT2D eigenvalue weighted by Gasteiger charge is 2.21. The van der Waals surface area contributed by atoms with Crippen LogP contribution in [0.15, 0.2) is 30.3 Å². The second kappa shape index (κ2) is 8.49. The number of carbonyl (C=O) groups is 1. The molecule has 0 aliphatic heterocycles. The van der Waals surface area contributed by atoms with Gasteiger partial charge in [-0.3, -0.25) is 0 Å². The Kier molecular flexibility index (Phi) is 7.34. The number of amides is 1. The van der Waals surface area contributed by atoms with Gasteiger partial charge in [-0.1, -0.05) is 52.9 Å². The molecule has 0 radical (unpaired) electrons. The van der Waals surface area contributed by atoms with Crippen LogP contribution in [0.3, 0.4) is 0 Å². The van der Waals surface area contributed by atoms with E-state index in [4.69, 9.17) is 4.74 Å². The fourth-order valence-corrected chi connectivity index (χ4v) is 2.30. The predicted molar refractivity (Wildman–Crippen MR) is 91.2 cm³/mol. The molecule has 20 heavy (non-hydrogen) atoms. The van der Waals surface area contributed by atoms with Crippen molar-refractivity contribution in [3.8, 4) is 0 Å². The van der Waals surface area contributed by atoms with Gasteiger partial charge in [0.15, 0.2) is 0 Å². The lowest BCUT2D eigenvalue weighted by Gasteiger charge is -2.27. The first kappa shape index (κ1) is 17.3. The molecule has 0 bridgehead atoms. The van der Waals surface area contributed by atoms with Crippen LogP contribution in [0.4, 0.5) is 4.79 Å². The first-order valence-corrected chi connectivity index (χ1v) is 8.53. The Morgan fingerprint density at radius 2 is 1.85 bits per heavy atom. The van der Waals surface area contributed by atoms with Crippen molar-refractivity contribution < 1.29 is 9.53 Å². The number of nitrogens with zero attached hydrogens (tertiary/aromatic N) is 1. The molecule has 1 aromatic carbocycles. The SMILES string of the molecule is CC(C)(C)OC(=O)N(CCCCI)Cc1ccccc1. The van der Waals surface area contributed by atoms with Crippen molar-refractivity contribution in [2.75, 3.05) is 11.0 Å². The number of hydrogen-bond acceptors (Lipinski definition) is 2. The fraction of sp³-hybridized carbons (Fsp3) is 0.562. The van der Waals surface area contributed by atoms with Gasteiger partial charge in [-0.15, -0.1) is 0 Å². The van der Waals surface area contributed by atoms with E-state index in [0.717, 1.165) is 29.4 Å². The molecule has 0 atom stereocenters. The number of carbonyl (C=O) groups excluding carboxylic acids is 1. The summed E-state index contributed by atoms with van der Waals surface area (Å²) in [5.74, 6) is 0. The van der Waals surface area contributed by atoms with E-state index in [0.29, 0.717) is 6.54 Å². The van der Waals surface area contributed by atoms with Gasteiger partial charge >= 0.3 is 6.09 Å². The normalized spacial score (nSPS) is 11.2. The molecule has 0 saturated carbocycles. The van der Waals surface area contributed by atoms with Gasteiger partial charge in [-0.05, 0) is 43.6 Å². The van der Waals surface area contributed by atoms with Gasteiger partial charge in [0.2, 0.25) is 0 Å². The molecule has 0 saturated heterocycles. The van der Waals surface area contributed by atoms with Crippen LogP contribution < -0.4 is 0 Å². The molecule has 4 heteroatoms. The van der Waals surface area contributed by atoms with E-state index in [1.807, 2.05) is 51.1 Å². The number of unbranched alkanes of at least 4 members (excludes halogenated alkanes) is 1. The van der Waals surface area contributed by atoms with E-state index in [1.54, 1.807) is 4.90 Å². The van der Waals surface area contributed by atoms with Crippen LogP contribution in [0, 0.1) is 0 Å². The largest absolute Gasteiger partial charge is 0.444 e. The summed E-state index contributed by atoms with van der Waals surface area (Å²) in [5.41, 5.74) is 0.683. The molecule has 0 aliphatic carbocycles. The maximum Gasteiger partial charge on any atom is 0.410 e. The quantitative estimate of drug-likeness (QED) is 0.403. The molecule has 0 spiro atoms. The zero-order chi connectivity index (χ0) is 15.0. The molecule has 1 amide bonds. The molecule has 0 aliphatic rings. The van der Waals surface area contributed by atoms with Crippen molar-refractivity contribution in [1.29, 1.82) is 0 Å². The Balaban J connectivity index is 2.66. The standard InChI is InChI=1S/C16H24INO2/c1-16(2,3)20-15(19)18(12-8-7-11-17)13-14-9-5-4-6-10-14/h4-6,9-10H,7-8,11-13H2,1-3H3. The van der Waals surface area contributed by atoms with Gasteiger partial charge in [0.25, 0.3) is 0 Å². The molecule has 1 rings (SSSR count). The number of rotatable bonds is 6. The molecule has 0 unspecified atom stereocenters. The van der Waals surface area contributed by atoms with Crippen LogP contribution >= 0.6 is 22.6 Å². The van der Waals surface area contributed by atoms with Crippen molar-refractivity contribution >= 4 is 28.7 Å². The van der Waals surface area contributed by atoms with E-state index >= 15 is 0 Å². The number of hydrogen-bond donors (Lipinski definition) is 0. The zero-order valence-electron chi connectivity index (χ0n) is 12.6. The number of alkyl halides is 1. The zero-order valence-corrected chi connectivity index (χ0v) is 14.7. The minimum Gasteiger partial charge on any atom is -0.444 e. The van der Waals surface area contributed by atoms with Crippen molar-refractivity contribution in [2.24, 2.45) is 0 Å². The maximum atomic E-state index is 12.3. The highest BCUT2D eigenvalue weighted by molar-refractivity contribution is 14.1. The molecule has 3 nitrogen and oxygen atoms in total. The van der Waals surface area contributed by atoms with E-state index in [2.05, 4.69) is 22.6 Å². The summed E-state index contributed by atoms with van der Waals surface area (Å²) >= 11 is 2.36. The van der Waals surface area contributed by atoms with E-state index < -0.39 is 5.60 Å². The second-order valence-corrected chi connectivity index (χ2v) is 6.86. The monoisotopic (exact) mass is 389 g/mol. The number of halogens is 1. The van der Waals surface area contributed by atoms with Crippen LogP contribution in [-0.2, 0) is 11.3 Å². The third kappa shape index (κ3) is 7.12. The van der Waals surface area contributed by atoms with Crippen LogP contribution in [0.1, 0.15) is 39.2 Å². The highest BCUT2D eigenvalue weighted by Crippen LogP contribution is 2.13. The van der Waals surface area contributed by atoms with Crippen LogP contribution in [0.2, 0.25) is 0 Å². The average Bonchev–Trinajstić information content (AvgIpc) is 2.37. The molecule has 0 fully saturated rings. The van der Waals surface area contributed by atoms with E-state index in [1.165, 1.54) is 0 Å². The van der Waals surface area contributed by atoms with Gasteiger partial charge < -0.3 is 9.64 Å². The van der Waals surface area contributed by atoms with E-state index in [9.17, 15) is 4.79 Å². The van der Waals surface area contributed by atoms with Crippen LogP contribution in [0.5, 0.6) is 0 Å². The van der Waals surface area contributed by atoms with Gasteiger partial charge in [0.1, 0.15) is 5.60 Å². The Labute approximate surface area is 135 Å². The Hall–Kier alpha value is -0.780. The summed E-state index contributed by atoms with van der Waals surface area (Å²) in [7, 11) is 0. The highest BCUT2D eigenvalue weighted by atomic mass is 127. The third-order valence-electron chi connectivity index (χ3n) is 2.68. The molecule has 0 aromatic heterocycles. The van der Waals surface area contributed by atoms with Crippen molar-refractivity contribution in [1.82, 2.24) is 4.90 Å². The smallest absolute Gasteiger partial charge is 0.410 e. The summed E-state index contributed by atoms with van der Waals surface area (Å²) in [4.78, 5) is 14.1. The fourth-order valence-electron chi connectivity index (χ4n) is 1.76.